The second kappa shape index (κ2) is 4.87. The van der Waals surface area contributed by atoms with Gasteiger partial charge < -0.3 is 10.2 Å². The van der Waals surface area contributed by atoms with Crippen molar-refractivity contribution >= 4 is 11.7 Å². The Bertz CT molecular complexity index is 411. The Balaban J connectivity index is 2.05. The number of carbonyl (C=O) groups is 1. The van der Waals surface area contributed by atoms with E-state index in [0.29, 0.717) is 12.3 Å². The van der Waals surface area contributed by atoms with Crippen molar-refractivity contribution in [3.05, 3.63) is 11.3 Å². The number of fused-ring (bicyclic) bond motifs is 1. The number of aromatic amines is 1. The van der Waals surface area contributed by atoms with Crippen molar-refractivity contribution < 1.29 is 4.79 Å². The molecule has 0 fully saturated rings. The summed E-state index contributed by atoms with van der Waals surface area (Å²) in [6, 6.07) is 0. The highest BCUT2D eigenvalue weighted by molar-refractivity contribution is 5.90. The van der Waals surface area contributed by atoms with E-state index in [1.165, 1.54) is 5.56 Å². The van der Waals surface area contributed by atoms with E-state index in [0.717, 1.165) is 31.0 Å². The van der Waals surface area contributed by atoms with Crippen LogP contribution in [-0.4, -0.2) is 34.6 Å². The topological polar surface area (TPSA) is 61.0 Å². The number of carbonyl (C=O) groups excluding carboxylic acids is 1. The van der Waals surface area contributed by atoms with E-state index in [1.807, 2.05) is 13.8 Å². The average molecular weight is 236 g/mol. The highest BCUT2D eigenvalue weighted by Gasteiger charge is 2.20. The van der Waals surface area contributed by atoms with Gasteiger partial charge in [0.1, 0.15) is 0 Å². The Morgan fingerprint density at radius 3 is 3.06 bits per heavy atom. The lowest BCUT2D eigenvalue weighted by atomic mass is 10.1. The van der Waals surface area contributed by atoms with Crippen LogP contribution in [0.15, 0.2) is 0 Å². The molecule has 94 valence electrons. The highest BCUT2D eigenvalue weighted by Crippen LogP contribution is 2.23. The summed E-state index contributed by atoms with van der Waals surface area (Å²) < 4.78 is 0. The van der Waals surface area contributed by atoms with Crippen molar-refractivity contribution in [3.8, 4) is 0 Å². The number of likely N-dealkylation sites (N-methyl/N-ethyl adjacent to an activating group) is 1. The zero-order valence-corrected chi connectivity index (χ0v) is 10.7. The van der Waals surface area contributed by atoms with Crippen LogP contribution in [0.3, 0.4) is 0 Å². The van der Waals surface area contributed by atoms with Crippen LogP contribution in [0.1, 0.15) is 31.5 Å². The summed E-state index contributed by atoms with van der Waals surface area (Å²) in [5, 5.41) is 10.1. The van der Waals surface area contributed by atoms with Crippen LogP contribution in [0.2, 0.25) is 0 Å². The average Bonchev–Trinajstić information content (AvgIpc) is 2.59. The largest absolute Gasteiger partial charge is 0.309 e. The summed E-state index contributed by atoms with van der Waals surface area (Å²) in [5.41, 5.74) is 2.29. The fourth-order valence-corrected chi connectivity index (χ4v) is 2.11. The second-order valence-corrected chi connectivity index (χ2v) is 5.16. The third kappa shape index (κ3) is 2.85. The van der Waals surface area contributed by atoms with Gasteiger partial charge in [0.25, 0.3) is 0 Å². The van der Waals surface area contributed by atoms with Gasteiger partial charge in [-0.2, -0.15) is 5.10 Å². The number of hydrogen-bond acceptors (Lipinski definition) is 3. The van der Waals surface area contributed by atoms with E-state index in [1.54, 1.807) is 0 Å². The minimum atomic E-state index is 0.0493. The summed E-state index contributed by atoms with van der Waals surface area (Å²) >= 11 is 0. The number of nitrogens with zero attached hydrogens (tertiary/aromatic N) is 2. The summed E-state index contributed by atoms with van der Waals surface area (Å²) in [4.78, 5) is 13.9. The molecule has 0 radical (unpaired) electrons. The third-order valence-corrected chi connectivity index (χ3v) is 2.98. The van der Waals surface area contributed by atoms with Gasteiger partial charge >= 0.3 is 0 Å². The quantitative estimate of drug-likeness (QED) is 0.833. The van der Waals surface area contributed by atoms with Crippen LogP contribution in [-0.2, 0) is 17.8 Å². The lowest BCUT2D eigenvalue weighted by Gasteiger charge is -2.21. The number of hydrogen-bond donors (Lipinski definition) is 2. The monoisotopic (exact) mass is 236 g/mol. The zero-order valence-electron chi connectivity index (χ0n) is 10.7. The number of aromatic nitrogens is 2. The molecule has 0 aromatic carbocycles. The first kappa shape index (κ1) is 12.1. The maximum absolute atomic E-state index is 11.7. The minimum Gasteiger partial charge on any atom is -0.309 e. The lowest BCUT2D eigenvalue weighted by molar-refractivity contribution is -0.116. The Morgan fingerprint density at radius 1 is 1.59 bits per heavy atom. The Hall–Kier alpha value is -1.36. The number of H-pyrrole nitrogens is 1. The fraction of sp³-hybridized carbons (Fsp3) is 0.667. The molecule has 5 heteroatoms. The summed E-state index contributed by atoms with van der Waals surface area (Å²) in [6.45, 7) is 5.96. The molecular weight excluding hydrogens is 216 g/mol. The van der Waals surface area contributed by atoms with Crippen molar-refractivity contribution in [1.82, 2.24) is 15.1 Å². The van der Waals surface area contributed by atoms with Gasteiger partial charge in [0.15, 0.2) is 5.82 Å². The molecule has 0 aliphatic carbocycles. The SMILES string of the molecule is CC(C)CC(=O)Nc1n[nH]c2c1CCN(C)C2. The Labute approximate surface area is 102 Å². The van der Waals surface area contributed by atoms with Gasteiger partial charge in [-0.15, -0.1) is 0 Å². The number of rotatable bonds is 3. The predicted octanol–water partition coefficient (Wildman–Crippen LogP) is 1.38. The van der Waals surface area contributed by atoms with E-state index in [-0.39, 0.29) is 5.91 Å². The normalized spacial score (nSPS) is 16.0. The van der Waals surface area contributed by atoms with Crippen molar-refractivity contribution in [2.45, 2.75) is 33.2 Å². The molecule has 2 heterocycles. The summed E-state index contributed by atoms with van der Waals surface area (Å²) in [6.07, 6.45) is 1.49. The second-order valence-electron chi connectivity index (χ2n) is 5.16. The van der Waals surface area contributed by atoms with Gasteiger partial charge in [0.2, 0.25) is 5.91 Å². The van der Waals surface area contributed by atoms with E-state index in [9.17, 15) is 4.79 Å². The number of anilines is 1. The molecule has 0 spiro atoms. The molecular formula is C12H20N4O. The maximum atomic E-state index is 11.7. The zero-order chi connectivity index (χ0) is 12.4. The maximum Gasteiger partial charge on any atom is 0.225 e. The van der Waals surface area contributed by atoms with Gasteiger partial charge in [-0.1, -0.05) is 13.8 Å². The summed E-state index contributed by atoms with van der Waals surface area (Å²) in [7, 11) is 2.08. The van der Waals surface area contributed by atoms with Gasteiger partial charge in [-0.3, -0.25) is 9.89 Å². The Morgan fingerprint density at radius 2 is 2.35 bits per heavy atom. The van der Waals surface area contributed by atoms with Crippen molar-refractivity contribution in [3.63, 3.8) is 0 Å². The molecule has 1 amide bonds. The van der Waals surface area contributed by atoms with Gasteiger partial charge in [0.05, 0.1) is 5.69 Å². The van der Waals surface area contributed by atoms with Crippen molar-refractivity contribution in [2.75, 3.05) is 18.9 Å². The van der Waals surface area contributed by atoms with Crippen LogP contribution >= 0.6 is 0 Å². The molecule has 1 aliphatic rings. The molecule has 0 atom stereocenters. The van der Waals surface area contributed by atoms with Crippen LogP contribution in [0.25, 0.3) is 0 Å². The van der Waals surface area contributed by atoms with E-state index < -0.39 is 0 Å². The molecule has 0 saturated heterocycles. The van der Waals surface area contributed by atoms with Crippen LogP contribution in [0.5, 0.6) is 0 Å². The molecule has 1 aliphatic heterocycles. The first-order chi connectivity index (χ1) is 8.06. The Kier molecular flexibility index (Phi) is 3.47. The standard InChI is InChI=1S/C12H20N4O/c1-8(2)6-11(17)13-12-9-4-5-16(3)7-10(9)14-15-12/h8H,4-7H2,1-3H3,(H2,13,14,15,17). The smallest absolute Gasteiger partial charge is 0.225 e. The van der Waals surface area contributed by atoms with Gasteiger partial charge in [-0.25, -0.2) is 0 Å². The van der Waals surface area contributed by atoms with E-state index in [2.05, 4.69) is 27.5 Å². The number of amides is 1. The van der Waals surface area contributed by atoms with Crippen molar-refractivity contribution in [2.24, 2.45) is 5.92 Å². The van der Waals surface area contributed by atoms with E-state index >= 15 is 0 Å². The van der Waals surface area contributed by atoms with Crippen LogP contribution in [0.4, 0.5) is 5.82 Å². The first-order valence-corrected chi connectivity index (χ1v) is 6.10. The van der Waals surface area contributed by atoms with Crippen molar-refractivity contribution in [1.29, 1.82) is 0 Å². The van der Waals surface area contributed by atoms with Crippen LogP contribution < -0.4 is 5.32 Å². The number of nitrogens with one attached hydrogen (secondary N) is 2. The molecule has 0 bridgehead atoms. The first-order valence-electron chi connectivity index (χ1n) is 6.10. The van der Waals surface area contributed by atoms with Gasteiger partial charge in [0, 0.05) is 25.1 Å². The predicted molar refractivity (Wildman–Crippen MR) is 66.7 cm³/mol. The van der Waals surface area contributed by atoms with Crippen LogP contribution in [0, 0.1) is 5.92 Å². The minimum absolute atomic E-state index is 0.0493. The molecule has 1 aromatic rings. The molecule has 5 nitrogen and oxygen atoms in total. The molecule has 1 aromatic heterocycles. The molecule has 0 unspecified atom stereocenters. The van der Waals surface area contributed by atoms with Gasteiger partial charge in [-0.05, 0) is 19.4 Å². The van der Waals surface area contributed by atoms with E-state index in [4.69, 9.17) is 0 Å². The molecule has 2 N–H and O–H groups in total. The molecule has 17 heavy (non-hydrogen) atoms. The molecule has 0 saturated carbocycles. The lowest BCUT2D eigenvalue weighted by Crippen LogP contribution is -2.26. The highest BCUT2D eigenvalue weighted by atomic mass is 16.1. The molecule has 2 rings (SSSR count). The third-order valence-electron chi connectivity index (χ3n) is 2.98. The summed E-state index contributed by atoms with van der Waals surface area (Å²) in [5.74, 6) is 1.14. The fourth-order valence-electron chi connectivity index (χ4n) is 2.11.